The van der Waals surface area contributed by atoms with E-state index in [9.17, 15) is 0 Å². The van der Waals surface area contributed by atoms with Crippen molar-refractivity contribution < 1.29 is 0 Å². The number of hydrogen-bond acceptors (Lipinski definition) is 3. The minimum Gasteiger partial charge on any atom is -0.326 e. The molecule has 0 aromatic heterocycles. The summed E-state index contributed by atoms with van der Waals surface area (Å²) in [5.74, 6) is 2.47. The number of benzene rings is 1. The zero-order valence-electron chi connectivity index (χ0n) is 9.29. The molecule has 0 amide bonds. The quantitative estimate of drug-likeness (QED) is 0.900. The number of halogens is 1. The van der Waals surface area contributed by atoms with E-state index >= 15 is 0 Å². The van der Waals surface area contributed by atoms with E-state index in [0.717, 1.165) is 17.1 Å². The summed E-state index contributed by atoms with van der Waals surface area (Å²) in [6.07, 6.45) is 0. The molecule has 2 rings (SSSR count). The van der Waals surface area contributed by atoms with Crippen LogP contribution in [0, 0.1) is 0 Å². The maximum Gasteiger partial charge on any atom is 0.0454 e. The van der Waals surface area contributed by atoms with Gasteiger partial charge >= 0.3 is 0 Å². The zero-order valence-corrected chi connectivity index (χ0v) is 10.9. The Balaban J connectivity index is 2.03. The highest BCUT2D eigenvalue weighted by atomic mass is 35.5. The number of nitrogens with two attached hydrogens (primary N) is 1. The number of hydrogen-bond donors (Lipinski definition) is 1. The molecule has 1 fully saturated rings. The van der Waals surface area contributed by atoms with Gasteiger partial charge in [0.1, 0.15) is 0 Å². The Morgan fingerprint density at radius 1 is 1.31 bits per heavy atom. The lowest BCUT2D eigenvalue weighted by Gasteiger charge is -2.26. The normalized spacial score (nSPS) is 17.6. The van der Waals surface area contributed by atoms with Gasteiger partial charge in [-0.25, -0.2) is 0 Å². The lowest BCUT2D eigenvalue weighted by molar-refractivity contribution is 0.294. The minimum absolute atomic E-state index is 0.556. The van der Waals surface area contributed by atoms with Crippen molar-refractivity contribution in [2.45, 2.75) is 13.1 Å². The topological polar surface area (TPSA) is 29.3 Å². The van der Waals surface area contributed by atoms with Crippen LogP contribution in [0.15, 0.2) is 18.2 Å². The van der Waals surface area contributed by atoms with Crippen LogP contribution in [0.3, 0.4) is 0 Å². The molecule has 16 heavy (non-hydrogen) atoms. The summed E-state index contributed by atoms with van der Waals surface area (Å²) in [6, 6.07) is 6.15. The summed E-state index contributed by atoms with van der Waals surface area (Å²) < 4.78 is 0. The molecule has 0 unspecified atom stereocenters. The molecule has 4 heteroatoms. The van der Waals surface area contributed by atoms with Gasteiger partial charge in [-0.3, -0.25) is 4.90 Å². The average Bonchev–Trinajstić information content (AvgIpc) is 2.33. The molecule has 0 radical (unpaired) electrons. The van der Waals surface area contributed by atoms with Crippen LogP contribution >= 0.6 is 23.4 Å². The Kier molecular flexibility index (Phi) is 4.53. The maximum absolute atomic E-state index is 6.24. The molecule has 0 atom stereocenters. The summed E-state index contributed by atoms with van der Waals surface area (Å²) in [5, 5.41) is 0.848. The van der Waals surface area contributed by atoms with Gasteiger partial charge < -0.3 is 5.73 Å². The molecule has 0 spiro atoms. The van der Waals surface area contributed by atoms with Gasteiger partial charge in [-0.1, -0.05) is 23.7 Å². The highest BCUT2D eigenvalue weighted by Crippen LogP contribution is 2.21. The fourth-order valence-corrected chi connectivity index (χ4v) is 3.09. The van der Waals surface area contributed by atoms with Crippen LogP contribution in [0.1, 0.15) is 11.1 Å². The smallest absolute Gasteiger partial charge is 0.0454 e. The van der Waals surface area contributed by atoms with E-state index in [1.807, 2.05) is 17.8 Å². The molecule has 2 nitrogen and oxygen atoms in total. The van der Waals surface area contributed by atoms with Crippen molar-refractivity contribution >= 4 is 23.4 Å². The third-order valence-electron chi connectivity index (χ3n) is 2.85. The van der Waals surface area contributed by atoms with Gasteiger partial charge in [0.25, 0.3) is 0 Å². The molecule has 2 N–H and O–H groups in total. The molecule has 88 valence electrons. The summed E-state index contributed by atoms with van der Waals surface area (Å²) in [4.78, 5) is 2.46. The van der Waals surface area contributed by atoms with Gasteiger partial charge in [-0.05, 0) is 17.2 Å². The van der Waals surface area contributed by atoms with Crippen molar-refractivity contribution in [3.63, 3.8) is 0 Å². The molecule has 0 saturated carbocycles. The molecule has 1 aliphatic heterocycles. The number of rotatable bonds is 3. The monoisotopic (exact) mass is 256 g/mol. The van der Waals surface area contributed by atoms with Crippen LogP contribution in [0.25, 0.3) is 0 Å². The Hall–Kier alpha value is -0.220. The molecule has 0 bridgehead atoms. The lowest BCUT2D eigenvalue weighted by atomic mass is 10.1. The first-order chi connectivity index (χ1) is 7.79. The van der Waals surface area contributed by atoms with Gasteiger partial charge in [-0.15, -0.1) is 0 Å². The van der Waals surface area contributed by atoms with Crippen molar-refractivity contribution in [1.82, 2.24) is 4.90 Å². The van der Waals surface area contributed by atoms with Gasteiger partial charge in [-0.2, -0.15) is 11.8 Å². The van der Waals surface area contributed by atoms with Crippen LogP contribution in [0.5, 0.6) is 0 Å². The highest BCUT2D eigenvalue weighted by Gasteiger charge is 2.12. The second-order valence-corrected chi connectivity index (χ2v) is 5.65. The Bertz CT molecular complexity index is 351. The molecule has 1 saturated heterocycles. The van der Waals surface area contributed by atoms with Crippen LogP contribution in [0.2, 0.25) is 5.02 Å². The van der Waals surface area contributed by atoms with Gasteiger partial charge in [0.05, 0.1) is 0 Å². The second kappa shape index (κ2) is 5.92. The predicted molar refractivity (Wildman–Crippen MR) is 71.9 cm³/mol. The fourth-order valence-electron chi connectivity index (χ4n) is 1.85. The van der Waals surface area contributed by atoms with E-state index in [-0.39, 0.29) is 0 Å². The molecule has 1 aliphatic rings. The van der Waals surface area contributed by atoms with E-state index in [1.165, 1.54) is 30.2 Å². The molecule has 0 aliphatic carbocycles. The molecule has 1 heterocycles. The van der Waals surface area contributed by atoms with Gasteiger partial charge in [0, 0.05) is 42.7 Å². The van der Waals surface area contributed by atoms with Crippen molar-refractivity contribution in [2.75, 3.05) is 24.6 Å². The first-order valence-corrected chi connectivity index (χ1v) is 7.10. The van der Waals surface area contributed by atoms with Crippen LogP contribution in [0.4, 0.5) is 0 Å². The van der Waals surface area contributed by atoms with Crippen molar-refractivity contribution in [3.8, 4) is 0 Å². The lowest BCUT2D eigenvalue weighted by Crippen LogP contribution is -2.32. The van der Waals surface area contributed by atoms with E-state index in [2.05, 4.69) is 17.0 Å². The van der Waals surface area contributed by atoms with Gasteiger partial charge in [0.2, 0.25) is 0 Å². The first kappa shape index (κ1) is 12.2. The fraction of sp³-hybridized carbons (Fsp3) is 0.500. The third-order valence-corrected chi connectivity index (χ3v) is 4.15. The largest absolute Gasteiger partial charge is 0.326 e. The Morgan fingerprint density at radius 3 is 2.69 bits per heavy atom. The van der Waals surface area contributed by atoms with Crippen molar-refractivity contribution in [2.24, 2.45) is 5.73 Å². The molecular weight excluding hydrogens is 240 g/mol. The average molecular weight is 257 g/mol. The summed E-state index contributed by atoms with van der Waals surface area (Å²) in [5.41, 5.74) is 7.89. The molecular formula is C12H17ClN2S. The standard InChI is InChI=1S/C12H17ClN2S/c13-12-7-10(8-14)1-2-11(12)9-15-3-5-16-6-4-15/h1-2,7H,3-6,8-9,14H2. The summed E-state index contributed by atoms with van der Waals surface area (Å²) in [7, 11) is 0. The Morgan fingerprint density at radius 2 is 2.06 bits per heavy atom. The van der Waals surface area contributed by atoms with Crippen LogP contribution < -0.4 is 5.73 Å². The number of thioether (sulfide) groups is 1. The predicted octanol–water partition coefficient (Wildman–Crippen LogP) is 2.35. The molecule has 1 aromatic rings. The van der Waals surface area contributed by atoms with Gasteiger partial charge in [0.15, 0.2) is 0 Å². The van der Waals surface area contributed by atoms with Crippen LogP contribution in [-0.4, -0.2) is 29.5 Å². The first-order valence-electron chi connectivity index (χ1n) is 5.57. The second-order valence-electron chi connectivity index (χ2n) is 4.02. The SMILES string of the molecule is NCc1ccc(CN2CCSCC2)c(Cl)c1. The highest BCUT2D eigenvalue weighted by molar-refractivity contribution is 7.99. The summed E-state index contributed by atoms with van der Waals surface area (Å²) >= 11 is 8.27. The van der Waals surface area contributed by atoms with E-state index in [4.69, 9.17) is 17.3 Å². The Labute approximate surface area is 106 Å². The zero-order chi connectivity index (χ0) is 11.4. The van der Waals surface area contributed by atoms with E-state index in [0.29, 0.717) is 6.54 Å². The van der Waals surface area contributed by atoms with E-state index < -0.39 is 0 Å². The van der Waals surface area contributed by atoms with Crippen LogP contribution in [-0.2, 0) is 13.1 Å². The van der Waals surface area contributed by atoms with Crippen molar-refractivity contribution in [3.05, 3.63) is 34.3 Å². The van der Waals surface area contributed by atoms with Crippen molar-refractivity contribution in [1.29, 1.82) is 0 Å². The molecule has 1 aromatic carbocycles. The minimum atomic E-state index is 0.556. The number of nitrogens with zero attached hydrogens (tertiary/aromatic N) is 1. The third kappa shape index (κ3) is 3.14. The summed E-state index contributed by atoms with van der Waals surface area (Å²) in [6.45, 7) is 3.85. The van der Waals surface area contributed by atoms with E-state index in [1.54, 1.807) is 0 Å². The maximum atomic E-state index is 6.24.